The first kappa shape index (κ1) is 22.5. The summed E-state index contributed by atoms with van der Waals surface area (Å²) in [5.74, 6) is -0.684. The topological polar surface area (TPSA) is 98.0 Å². The fourth-order valence-electron chi connectivity index (χ4n) is 8.72. The predicted molar refractivity (Wildman–Crippen MR) is 110 cm³/mol. The van der Waals surface area contributed by atoms with Gasteiger partial charge in [0, 0.05) is 0 Å². The summed E-state index contributed by atoms with van der Waals surface area (Å²) in [6, 6.07) is 0. The Bertz CT molecular complexity index is 672. The lowest BCUT2D eigenvalue weighted by Gasteiger charge is -2.63. The molecule has 4 rings (SSSR count). The minimum Gasteiger partial charge on any atom is -0.479 e. The van der Waals surface area contributed by atoms with Crippen molar-refractivity contribution in [3.05, 3.63) is 0 Å². The number of aliphatic hydroxyl groups excluding tert-OH is 3. The monoisotopic (exact) mass is 426 g/mol. The van der Waals surface area contributed by atoms with Gasteiger partial charge in [-0.25, -0.2) is 9.18 Å². The molecule has 4 saturated carbocycles. The number of carboxylic acids is 1. The molecule has 0 bridgehead atoms. The zero-order valence-corrected chi connectivity index (χ0v) is 18.5. The van der Waals surface area contributed by atoms with Gasteiger partial charge in [0.2, 0.25) is 0 Å². The number of carbonyl (C=O) groups is 1. The van der Waals surface area contributed by atoms with Crippen molar-refractivity contribution < 1.29 is 29.6 Å². The van der Waals surface area contributed by atoms with E-state index in [1.54, 1.807) is 0 Å². The molecule has 0 heterocycles. The summed E-state index contributed by atoms with van der Waals surface area (Å²) in [6.45, 7) is 6.33. The summed E-state index contributed by atoms with van der Waals surface area (Å²) >= 11 is 0. The zero-order chi connectivity index (χ0) is 22.0. The first-order valence-corrected chi connectivity index (χ1v) is 11.9. The van der Waals surface area contributed by atoms with E-state index < -0.39 is 29.8 Å². The molecule has 0 radical (unpaired) electrons. The number of hydrogen-bond donors (Lipinski definition) is 4. The van der Waals surface area contributed by atoms with E-state index in [0.717, 1.165) is 32.1 Å². The van der Waals surface area contributed by atoms with Crippen molar-refractivity contribution in [3.63, 3.8) is 0 Å². The lowest BCUT2D eigenvalue weighted by Crippen LogP contribution is -2.62. The summed E-state index contributed by atoms with van der Waals surface area (Å²) in [5, 5.41) is 41.9. The first-order valence-electron chi connectivity index (χ1n) is 11.9. The lowest BCUT2D eigenvalue weighted by molar-refractivity contribution is -0.207. The maximum absolute atomic E-state index is 14.0. The molecule has 172 valence electrons. The Balaban J connectivity index is 1.61. The quantitative estimate of drug-likeness (QED) is 0.552. The third-order valence-corrected chi connectivity index (χ3v) is 10.4. The molecule has 4 fully saturated rings. The van der Waals surface area contributed by atoms with Gasteiger partial charge in [-0.05, 0) is 97.7 Å². The van der Waals surface area contributed by atoms with Crippen molar-refractivity contribution >= 4 is 5.97 Å². The maximum Gasteiger partial charge on any atom is 0.338 e. The zero-order valence-electron chi connectivity index (χ0n) is 18.5. The fraction of sp³-hybridized carbons (Fsp3) is 0.958. The molecule has 6 heteroatoms. The Hall–Kier alpha value is -0.720. The van der Waals surface area contributed by atoms with Crippen LogP contribution in [0.2, 0.25) is 0 Å². The third-order valence-electron chi connectivity index (χ3n) is 10.4. The molecule has 5 nitrogen and oxygen atoms in total. The van der Waals surface area contributed by atoms with Crippen molar-refractivity contribution in [2.45, 2.75) is 96.6 Å². The van der Waals surface area contributed by atoms with E-state index in [0.29, 0.717) is 12.8 Å². The van der Waals surface area contributed by atoms with E-state index in [1.165, 1.54) is 0 Å². The second kappa shape index (κ2) is 7.70. The first-order chi connectivity index (χ1) is 14.0. The molecule has 30 heavy (non-hydrogen) atoms. The minimum atomic E-state index is -1.87. The standard InChI is InChI=1S/C24H39FO5/c1-12(8-18(25)22(29)30)15-4-5-16-21-17(11-20(28)24(15,16)3)23(2)7-6-14(26)9-13(23)10-19(21)27/h12-21,26-28H,4-11H2,1-3H3,(H,29,30)/t12-,13+,14-,15-,16+,17+,18?,19-,20+,21+,23+,24-/m1/s1. The molecule has 0 aliphatic heterocycles. The van der Waals surface area contributed by atoms with Gasteiger partial charge in [-0.1, -0.05) is 20.8 Å². The van der Waals surface area contributed by atoms with Crippen LogP contribution in [-0.4, -0.2) is 50.9 Å². The van der Waals surface area contributed by atoms with Crippen molar-refractivity contribution in [2.24, 2.45) is 46.3 Å². The van der Waals surface area contributed by atoms with Crippen LogP contribution in [0, 0.1) is 46.3 Å². The average Bonchev–Trinajstić information content (AvgIpc) is 3.02. The van der Waals surface area contributed by atoms with Crippen LogP contribution < -0.4 is 0 Å². The molecule has 0 amide bonds. The van der Waals surface area contributed by atoms with Gasteiger partial charge in [-0.3, -0.25) is 0 Å². The van der Waals surface area contributed by atoms with E-state index >= 15 is 0 Å². The highest BCUT2D eigenvalue weighted by Crippen LogP contribution is 2.68. The van der Waals surface area contributed by atoms with Crippen molar-refractivity contribution in [1.82, 2.24) is 0 Å². The van der Waals surface area contributed by atoms with Gasteiger partial charge in [-0.2, -0.15) is 0 Å². The number of alkyl halides is 1. The smallest absolute Gasteiger partial charge is 0.338 e. The molecular formula is C24H39FO5. The van der Waals surface area contributed by atoms with E-state index in [4.69, 9.17) is 5.11 Å². The van der Waals surface area contributed by atoms with Crippen LogP contribution in [0.5, 0.6) is 0 Å². The van der Waals surface area contributed by atoms with Crippen LogP contribution in [0.15, 0.2) is 0 Å². The summed E-state index contributed by atoms with van der Waals surface area (Å²) in [4.78, 5) is 11.0. The van der Waals surface area contributed by atoms with Crippen LogP contribution in [0.3, 0.4) is 0 Å². The van der Waals surface area contributed by atoms with E-state index in [1.807, 2.05) is 6.92 Å². The number of fused-ring (bicyclic) bond motifs is 5. The average molecular weight is 427 g/mol. The third kappa shape index (κ3) is 3.24. The molecular weight excluding hydrogens is 387 g/mol. The fourth-order valence-corrected chi connectivity index (χ4v) is 8.72. The van der Waals surface area contributed by atoms with Crippen LogP contribution in [0.25, 0.3) is 0 Å². The largest absolute Gasteiger partial charge is 0.479 e. The SMILES string of the molecule is C[C@H](CC(F)C(=O)O)[C@H]1CC[C@H]2[C@@H]3[C@H](O)C[C@@H]4C[C@H](O)CC[C@]4(C)[C@H]3C[C@H](O)[C@]12C. The Labute approximate surface area is 179 Å². The molecule has 0 aromatic heterocycles. The van der Waals surface area contributed by atoms with Crippen LogP contribution >= 0.6 is 0 Å². The molecule has 4 aliphatic rings. The van der Waals surface area contributed by atoms with Gasteiger partial charge in [-0.15, -0.1) is 0 Å². The normalized spacial score (nSPS) is 52.6. The number of aliphatic carboxylic acids is 1. The highest BCUT2D eigenvalue weighted by molar-refractivity contribution is 5.72. The summed E-state index contributed by atoms with van der Waals surface area (Å²) in [5.41, 5.74) is -0.389. The number of aliphatic hydroxyl groups is 3. The van der Waals surface area contributed by atoms with Crippen LogP contribution in [0.4, 0.5) is 4.39 Å². The highest BCUT2D eigenvalue weighted by atomic mass is 19.1. The van der Waals surface area contributed by atoms with E-state index in [-0.39, 0.29) is 53.4 Å². The Morgan fingerprint density at radius 2 is 1.77 bits per heavy atom. The van der Waals surface area contributed by atoms with Crippen LogP contribution in [-0.2, 0) is 4.79 Å². The summed E-state index contributed by atoms with van der Waals surface area (Å²) in [7, 11) is 0. The van der Waals surface area contributed by atoms with Crippen molar-refractivity contribution in [1.29, 1.82) is 0 Å². The van der Waals surface area contributed by atoms with Crippen molar-refractivity contribution in [3.8, 4) is 0 Å². The van der Waals surface area contributed by atoms with Gasteiger partial charge < -0.3 is 20.4 Å². The lowest BCUT2D eigenvalue weighted by atomic mass is 9.43. The molecule has 0 saturated heterocycles. The second-order valence-corrected chi connectivity index (χ2v) is 11.5. The van der Waals surface area contributed by atoms with E-state index in [2.05, 4.69) is 13.8 Å². The molecule has 4 aliphatic carbocycles. The number of carboxylic acid groups (broad SMARTS) is 1. The molecule has 4 N–H and O–H groups in total. The Kier molecular flexibility index (Phi) is 5.77. The van der Waals surface area contributed by atoms with Gasteiger partial charge in [0.1, 0.15) is 0 Å². The van der Waals surface area contributed by atoms with Gasteiger partial charge in [0.15, 0.2) is 6.17 Å². The number of hydrogen-bond acceptors (Lipinski definition) is 4. The molecule has 0 spiro atoms. The highest BCUT2D eigenvalue weighted by Gasteiger charge is 2.65. The van der Waals surface area contributed by atoms with Crippen LogP contribution in [0.1, 0.15) is 72.1 Å². The minimum absolute atomic E-state index is 0.0244. The van der Waals surface area contributed by atoms with Gasteiger partial charge in [0.05, 0.1) is 18.3 Å². The Morgan fingerprint density at radius 1 is 1.07 bits per heavy atom. The molecule has 1 unspecified atom stereocenters. The van der Waals surface area contributed by atoms with Crippen molar-refractivity contribution in [2.75, 3.05) is 0 Å². The number of rotatable bonds is 4. The summed E-state index contributed by atoms with van der Waals surface area (Å²) < 4.78 is 14.0. The Morgan fingerprint density at radius 3 is 2.43 bits per heavy atom. The predicted octanol–water partition coefficient (Wildman–Crippen LogP) is 3.40. The van der Waals surface area contributed by atoms with Gasteiger partial charge >= 0.3 is 5.97 Å². The molecule has 12 atom stereocenters. The maximum atomic E-state index is 14.0. The van der Waals surface area contributed by atoms with E-state index in [9.17, 15) is 24.5 Å². The molecule has 0 aromatic rings. The summed E-state index contributed by atoms with van der Waals surface area (Å²) in [6.07, 6.45) is 2.41. The second-order valence-electron chi connectivity index (χ2n) is 11.5. The molecule has 0 aromatic carbocycles. The number of halogens is 1. The van der Waals surface area contributed by atoms with Gasteiger partial charge in [0.25, 0.3) is 0 Å².